The molecule has 1 aromatic carbocycles. The van der Waals surface area contributed by atoms with E-state index in [1.165, 1.54) is 0 Å². The number of carbonyl (C=O) groups is 1. The second kappa shape index (κ2) is 7.24. The number of carbonyl (C=O) groups excluding carboxylic acids is 1. The maximum absolute atomic E-state index is 11.6. The number of benzene rings is 1. The Morgan fingerprint density at radius 2 is 2.25 bits per heavy atom. The number of anilines is 1. The summed E-state index contributed by atoms with van der Waals surface area (Å²) in [5.41, 5.74) is 0.820. The van der Waals surface area contributed by atoms with Gasteiger partial charge in [-0.15, -0.1) is 0 Å². The molecule has 1 amide bonds. The smallest absolute Gasteiger partial charge is 0.229 e. The molecule has 1 aromatic rings. The standard InChI is InChI=1S/C15H20N2O2S/c1-2-3-9-19-13-6-4-5-12(10-13)16-15(20)17-14(18)11-7-8-11/h4-6,10-11H,2-3,7-9H2,1H3,(H2,16,17,18,20). The molecule has 20 heavy (non-hydrogen) atoms. The first-order valence-electron chi connectivity index (χ1n) is 7.03. The van der Waals surface area contributed by atoms with Crippen molar-refractivity contribution in [2.24, 2.45) is 5.92 Å². The minimum atomic E-state index is 0.0119. The van der Waals surface area contributed by atoms with Crippen molar-refractivity contribution in [3.05, 3.63) is 24.3 Å². The Morgan fingerprint density at radius 1 is 1.45 bits per heavy atom. The summed E-state index contributed by atoms with van der Waals surface area (Å²) in [4.78, 5) is 11.6. The summed E-state index contributed by atoms with van der Waals surface area (Å²) in [5.74, 6) is 0.969. The average Bonchev–Trinajstić information content (AvgIpc) is 3.23. The normalized spacial score (nSPS) is 13.7. The number of amides is 1. The highest BCUT2D eigenvalue weighted by Crippen LogP contribution is 2.28. The van der Waals surface area contributed by atoms with Crippen LogP contribution in [0, 0.1) is 5.92 Å². The minimum Gasteiger partial charge on any atom is -0.494 e. The van der Waals surface area contributed by atoms with Crippen molar-refractivity contribution in [1.82, 2.24) is 5.32 Å². The molecule has 0 unspecified atom stereocenters. The zero-order valence-corrected chi connectivity index (χ0v) is 12.5. The van der Waals surface area contributed by atoms with Gasteiger partial charge < -0.3 is 15.4 Å². The van der Waals surface area contributed by atoms with Gasteiger partial charge in [0.15, 0.2) is 5.11 Å². The molecule has 108 valence electrons. The van der Waals surface area contributed by atoms with Crippen molar-refractivity contribution in [3.8, 4) is 5.75 Å². The summed E-state index contributed by atoms with van der Waals surface area (Å²) in [6.45, 7) is 2.84. The number of thiocarbonyl (C=S) groups is 1. The monoisotopic (exact) mass is 292 g/mol. The minimum absolute atomic E-state index is 0.0119. The molecule has 0 heterocycles. The average molecular weight is 292 g/mol. The van der Waals surface area contributed by atoms with E-state index >= 15 is 0 Å². The molecule has 2 rings (SSSR count). The Labute approximate surface area is 124 Å². The van der Waals surface area contributed by atoms with Crippen LogP contribution in [-0.2, 0) is 4.79 Å². The molecule has 0 saturated heterocycles. The van der Waals surface area contributed by atoms with Crippen molar-refractivity contribution in [2.45, 2.75) is 32.6 Å². The summed E-state index contributed by atoms with van der Waals surface area (Å²) in [6.07, 6.45) is 4.08. The van der Waals surface area contributed by atoms with Crippen LogP contribution in [0.2, 0.25) is 0 Å². The number of hydrogen-bond donors (Lipinski definition) is 2. The quantitative estimate of drug-likeness (QED) is 0.625. The van der Waals surface area contributed by atoms with Crippen LogP contribution < -0.4 is 15.4 Å². The zero-order chi connectivity index (χ0) is 14.4. The molecule has 2 N–H and O–H groups in total. The summed E-state index contributed by atoms with van der Waals surface area (Å²) < 4.78 is 5.63. The van der Waals surface area contributed by atoms with E-state index in [-0.39, 0.29) is 11.8 Å². The molecule has 0 aliphatic heterocycles. The van der Waals surface area contributed by atoms with Gasteiger partial charge in [0.25, 0.3) is 0 Å². The summed E-state index contributed by atoms with van der Waals surface area (Å²) in [5, 5.41) is 6.05. The van der Waals surface area contributed by atoms with Crippen molar-refractivity contribution in [1.29, 1.82) is 0 Å². The van der Waals surface area contributed by atoms with E-state index in [0.29, 0.717) is 11.7 Å². The highest BCUT2D eigenvalue weighted by atomic mass is 32.1. The van der Waals surface area contributed by atoms with Gasteiger partial charge in [0.05, 0.1) is 6.61 Å². The van der Waals surface area contributed by atoms with E-state index in [0.717, 1.165) is 37.1 Å². The number of ether oxygens (including phenoxy) is 1. The number of nitrogens with one attached hydrogen (secondary N) is 2. The number of rotatable bonds is 6. The van der Waals surface area contributed by atoms with Crippen molar-refractivity contribution in [3.63, 3.8) is 0 Å². The van der Waals surface area contributed by atoms with E-state index in [4.69, 9.17) is 17.0 Å². The van der Waals surface area contributed by atoms with Gasteiger partial charge in [-0.25, -0.2) is 0 Å². The molecule has 1 aliphatic carbocycles. The molecule has 0 bridgehead atoms. The van der Waals surface area contributed by atoms with Gasteiger partial charge in [-0.3, -0.25) is 4.79 Å². The fourth-order valence-electron chi connectivity index (χ4n) is 1.72. The lowest BCUT2D eigenvalue weighted by Crippen LogP contribution is -2.35. The highest BCUT2D eigenvalue weighted by molar-refractivity contribution is 7.80. The molecule has 1 fully saturated rings. The third-order valence-electron chi connectivity index (χ3n) is 3.04. The van der Waals surface area contributed by atoms with Crippen LogP contribution in [-0.4, -0.2) is 17.6 Å². The maximum Gasteiger partial charge on any atom is 0.229 e. The third-order valence-corrected chi connectivity index (χ3v) is 3.25. The van der Waals surface area contributed by atoms with E-state index < -0.39 is 0 Å². The van der Waals surface area contributed by atoms with Gasteiger partial charge in [0.2, 0.25) is 5.91 Å². The van der Waals surface area contributed by atoms with Gasteiger partial charge in [-0.2, -0.15) is 0 Å². The van der Waals surface area contributed by atoms with E-state index in [2.05, 4.69) is 17.6 Å². The summed E-state index contributed by atoms with van der Waals surface area (Å²) in [7, 11) is 0. The second-order valence-corrected chi connectivity index (χ2v) is 5.36. The lowest BCUT2D eigenvalue weighted by atomic mass is 10.3. The van der Waals surface area contributed by atoms with Crippen LogP contribution in [0.1, 0.15) is 32.6 Å². The van der Waals surface area contributed by atoms with E-state index in [1.54, 1.807) is 0 Å². The summed E-state index contributed by atoms with van der Waals surface area (Å²) in [6, 6.07) is 7.58. The van der Waals surface area contributed by atoms with Gasteiger partial charge in [0.1, 0.15) is 5.75 Å². The first kappa shape index (κ1) is 14.8. The topological polar surface area (TPSA) is 50.4 Å². The Morgan fingerprint density at radius 3 is 2.95 bits per heavy atom. The lowest BCUT2D eigenvalue weighted by Gasteiger charge is -2.11. The Bertz CT molecular complexity index is 487. The van der Waals surface area contributed by atoms with Crippen LogP contribution in [0.15, 0.2) is 24.3 Å². The van der Waals surface area contributed by atoms with Crippen molar-refractivity contribution < 1.29 is 9.53 Å². The predicted octanol–water partition coefficient (Wildman–Crippen LogP) is 3.09. The lowest BCUT2D eigenvalue weighted by molar-refractivity contribution is -0.120. The molecule has 0 atom stereocenters. The predicted molar refractivity (Wildman–Crippen MR) is 83.9 cm³/mol. The fourth-order valence-corrected chi connectivity index (χ4v) is 1.94. The molecule has 1 aliphatic rings. The molecule has 0 radical (unpaired) electrons. The second-order valence-electron chi connectivity index (χ2n) is 4.95. The van der Waals surface area contributed by atoms with Crippen LogP contribution in [0.25, 0.3) is 0 Å². The van der Waals surface area contributed by atoms with Gasteiger partial charge in [-0.1, -0.05) is 19.4 Å². The molecular formula is C15H20N2O2S. The van der Waals surface area contributed by atoms with Crippen molar-refractivity contribution >= 4 is 28.9 Å². The van der Waals surface area contributed by atoms with Gasteiger partial charge in [-0.05, 0) is 43.6 Å². The Hall–Kier alpha value is -1.62. The molecule has 1 saturated carbocycles. The first-order valence-corrected chi connectivity index (χ1v) is 7.44. The summed E-state index contributed by atoms with van der Waals surface area (Å²) >= 11 is 5.12. The number of hydrogen-bond acceptors (Lipinski definition) is 3. The number of unbranched alkanes of at least 4 members (excludes halogenated alkanes) is 1. The largest absolute Gasteiger partial charge is 0.494 e. The third kappa shape index (κ3) is 4.81. The molecule has 4 nitrogen and oxygen atoms in total. The van der Waals surface area contributed by atoms with Gasteiger partial charge >= 0.3 is 0 Å². The van der Waals surface area contributed by atoms with E-state index in [9.17, 15) is 4.79 Å². The first-order chi connectivity index (χ1) is 9.69. The Balaban J connectivity index is 1.83. The Kier molecular flexibility index (Phi) is 5.35. The molecule has 0 aromatic heterocycles. The van der Waals surface area contributed by atoms with Crippen LogP contribution >= 0.6 is 12.2 Å². The highest BCUT2D eigenvalue weighted by Gasteiger charge is 2.29. The van der Waals surface area contributed by atoms with Gasteiger partial charge in [0, 0.05) is 17.7 Å². The van der Waals surface area contributed by atoms with Crippen LogP contribution in [0.4, 0.5) is 5.69 Å². The van der Waals surface area contributed by atoms with Crippen LogP contribution in [0.5, 0.6) is 5.75 Å². The SMILES string of the molecule is CCCCOc1cccc(NC(=S)NC(=O)C2CC2)c1. The van der Waals surface area contributed by atoms with Crippen LogP contribution in [0.3, 0.4) is 0 Å². The molecule has 0 spiro atoms. The molecule has 5 heteroatoms. The van der Waals surface area contributed by atoms with Crippen molar-refractivity contribution in [2.75, 3.05) is 11.9 Å². The maximum atomic E-state index is 11.6. The molecular weight excluding hydrogens is 272 g/mol. The zero-order valence-electron chi connectivity index (χ0n) is 11.6. The van der Waals surface area contributed by atoms with E-state index in [1.807, 2.05) is 24.3 Å². The fraction of sp³-hybridized carbons (Fsp3) is 0.467.